The van der Waals surface area contributed by atoms with Crippen LogP contribution < -0.4 is 16.4 Å². The van der Waals surface area contributed by atoms with Crippen LogP contribution in [0.25, 0.3) is 0 Å². The number of halogens is 1. The summed E-state index contributed by atoms with van der Waals surface area (Å²) in [5.41, 5.74) is 6.66. The summed E-state index contributed by atoms with van der Waals surface area (Å²) in [7, 11) is 0. The monoisotopic (exact) mass is 413 g/mol. The van der Waals surface area contributed by atoms with Gasteiger partial charge in [-0.3, -0.25) is 10.1 Å². The molecule has 0 unspecified atom stereocenters. The largest absolute Gasteiger partial charge is 0.478 e. The van der Waals surface area contributed by atoms with Crippen LogP contribution in [-0.2, 0) is 6.42 Å². The van der Waals surface area contributed by atoms with Crippen LogP contribution in [-0.4, -0.2) is 33.0 Å². The van der Waals surface area contributed by atoms with Crippen LogP contribution in [0, 0.1) is 0 Å². The highest BCUT2D eigenvalue weighted by Gasteiger charge is 2.17. The highest BCUT2D eigenvalue weighted by atomic mass is 35.5. The normalized spacial score (nSPS) is 10.4. The number of hydrogen-bond acceptors (Lipinski definition) is 4. The smallest absolute Gasteiger partial charge is 0.335 e. The number of primary amides is 1. The molecule has 10 heteroatoms. The molecule has 0 radical (unpaired) electrons. The molecule has 0 bridgehead atoms. The first-order valence-electron chi connectivity index (χ1n) is 8.36. The van der Waals surface area contributed by atoms with Crippen molar-refractivity contribution in [3.63, 3.8) is 0 Å². The molecule has 29 heavy (non-hydrogen) atoms. The number of carboxylic acids is 1. The lowest BCUT2D eigenvalue weighted by molar-refractivity contribution is 0.0696. The second-order valence-electron chi connectivity index (χ2n) is 6.04. The topological polar surface area (TPSA) is 150 Å². The molecule has 0 spiro atoms. The third-order valence-electron chi connectivity index (χ3n) is 3.90. The summed E-state index contributed by atoms with van der Waals surface area (Å²) in [6, 6.07) is 12.1. The summed E-state index contributed by atoms with van der Waals surface area (Å²) < 4.78 is 0. The third-order valence-corrected chi connectivity index (χ3v) is 4.15. The number of carbonyl (C=O) groups excluding carboxylic acids is 2. The number of carbonyl (C=O) groups is 3. The molecule has 9 nitrogen and oxygen atoms in total. The number of aromatic carboxylic acids is 1. The summed E-state index contributed by atoms with van der Waals surface area (Å²) in [6.07, 6.45) is 0.278. The summed E-state index contributed by atoms with van der Waals surface area (Å²) in [4.78, 5) is 41.8. The van der Waals surface area contributed by atoms with Gasteiger partial charge in [-0.05, 0) is 42.0 Å². The minimum absolute atomic E-state index is 0.0566. The molecule has 0 atom stereocenters. The van der Waals surface area contributed by atoms with Gasteiger partial charge in [0.2, 0.25) is 0 Å². The van der Waals surface area contributed by atoms with E-state index in [1.54, 1.807) is 36.4 Å². The van der Waals surface area contributed by atoms with Crippen molar-refractivity contribution in [1.82, 2.24) is 9.97 Å². The van der Waals surface area contributed by atoms with Crippen molar-refractivity contribution in [2.45, 2.75) is 6.42 Å². The molecule has 1 heterocycles. The fraction of sp³-hybridized carbons (Fsp3) is 0.0526. The molecule has 3 aromatic rings. The van der Waals surface area contributed by atoms with E-state index in [0.29, 0.717) is 16.5 Å². The van der Waals surface area contributed by atoms with Crippen LogP contribution in [0.1, 0.15) is 32.2 Å². The van der Waals surface area contributed by atoms with E-state index >= 15 is 0 Å². The Hall–Kier alpha value is -3.85. The maximum atomic E-state index is 12.2. The SMILES string of the molecule is NC(=O)c1nc(Cc2ccc(C(=O)O)cc2)[nH]c1NC(=O)Nc1ccc(Cl)cc1. The minimum Gasteiger partial charge on any atom is -0.478 e. The number of aromatic amines is 1. The maximum absolute atomic E-state index is 12.2. The van der Waals surface area contributed by atoms with E-state index in [2.05, 4.69) is 20.6 Å². The van der Waals surface area contributed by atoms with Crippen molar-refractivity contribution in [1.29, 1.82) is 0 Å². The molecule has 2 aromatic carbocycles. The number of benzene rings is 2. The quantitative estimate of drug-likeness (QED) is 0.420. The number of urea groups is 1. The van der Waals surface area contributed by atoms with Crippen molar-refractivity contribution in [2.75, 3.05) is 10.6 Å². The van der Waals surface area contributed by atoms with E-state index in [4.69, 9.17) is 22.4 Å². The van der Waals surface area contributed by atoms with Crippen LogP contribution in [0.2, 0.25) is 5.02 Å². The van der Waals surface area contributed by atoms with Gasteiger partial charge in [0.15, 0.2) is 5.69 Å². The number of H-pyrrole nitrogens is 1. The molecule has 3 amide bonds. The van der Waals surface area contributed by atoms with Gasteiger partial charge in [0, 0.05) is 17.1 Å². The first-order chi connectivity index (χ1) is 13.8. The van der Waals surface area contributed by atoms with Gasteiger partial charge in [-0.25, -0.2) is 14.6 Å². The van der Waals surface area contributed by atoms with Gasteiger partial charge in [0.05, 0.1) is 5.56 Å². The standard InChI is InChI=1S/C19H16ClN5O4/c20-12-5-7-13(8-6-12)22-19(29)25-17-15(16(21)26)23-14(24-17)9-10-1-3-11(4-2-10)18(27)28/h1-8H,9H2,(H2,21,26)(H,23,24)(H,27,28)(H2,22,25,29). The van der Waals surface area contributed by atoms with E-state index in [-0.39, 0.29) is 23.5 Å². The zero-order valence-electron chi connectivity index (χ0n) is 14.9. The number of rotatable bonds is 6. The molecule has 0 aliphatic carbocycles. The Balaban J connectivity index is 1.74. The van der Waals surface area contributed by atoms with E-state index in [0.717, 1.165) is 5.56 Å². The van der Waals surface area contributed by atoms with Crippen LogP contribution in [0.5, 0.6) is 0 Å². The Morgan fingerprint density at radius 1 is 1.03 bits per heavy atom. The Labute approximate surface area is 169 Å². The van der Waals surface area contributed by atoms with Gasteiger partial charge in [0.25, 0.3) is 5.91 Å². The van der Waals surface area contributed by atoms with Gasteiger partial charge in [-0.1, -0.05) is 23.7 Å². The summed E-state index contributed by atoms with van der Waals surface area (Å²) in [5.74, 6) is -1.40. The number of nitrogens with zero attached hydrogens (tertiary/aromatic N) is 1. The van der Waals surface area contributed by atoms with Crippen LogP contribution in [0.3, 0.4) is 0 Å². The summed E-state index contributed by atoms with van der Waals surface area (Å²) in [5, 5.41) is 14.6. The van der Waals surface area contributed by atoms with Crippen molar-refractivity contribution < 1.29 is 19.5 Å². The predicted molar refractivity (Wildman–Crippen MR) is 107 cm³/mol. The number of nitrogens with one attached hydrogen (secondary N) is 3. The second-order valence-corrected chi connectivity index (χ2v) is 6.47. The summed E-state index contributed by atoms with van der Waals surface area (Å²) >= 11 is 5.80. The molecule has 0 aliphatic heterocycles. The van der Waals surface area contributed by atoms with Gasteiger partial charge >= 0.3 is 12.0 Å². The van der Waals surface area contributed by atoms with Crippen molar-refractivity contribution in [2.24, 2.45) is 5.73 Å². The lowest BCUT2D eigenvalue weighted by atomic mass is 10.1. The molecule has 6 N–H and O–H groups in total. The lowest BCUT2D eigenvalue weighted by Crippen LogP contribution is -2.22. The van der Waals surface area contributed by atoms with Crippen LogP contribution in [0.15, 0.2) is 48.5 Å². The van der Waals surface area contributed by atoms with Gasteiger partial charge in [0.1, 0.15) is 11.6 Å². The molecule has 0 aliphatic rings. The Morgan fingerprint density at radius 2 is 1.69 bits per heavy atom. The van der Waals surface area contributed by atoms with Gasteiger partial charge in [-0.15, -0.1) is 0 Å². The van der Waals surface area contributed by atoms with E-state index in [1.165, 1.54) is 12.1 Å². The Morgan fingerprint density at radius 3 is 2.28 bits per heavy atom. The fourth-order valence-electron chi connectivity index (χ4n) is 2.54. The highest BCUT2D eigenvalue weighted by Crippen LogP contribution is 2.17. The maximum Gasteiger partial charge on any atom is 0.335 e. The zero-order valence-corrected chi connectivity index (χ0v) is 15.7. The number of imidazole rings is 1. The second kappa shape index (κ2) is 8.44. The van der Waals surface area contributed by atoms with Crippen molar-refractivity contribution >= 4 is 41.0 Å². The number of aromatic nitrogens is 2. The number of nitrogens with two attached hydrogens (primary N) is 1. The number of hydrogen-bond donors (Lipinski definition) is 5. The fourth-order valence-corrected chi connectivity index (χ4v) is 2.67. The van der Waals surface area contributed by atoms with Gasteiger partial charge < -0.3 is 21.1 Å². The van der Waals surface area contributed by atoms with Crippen LogP contribution >= 0.6 is 11.6 Å². The van der Waals surface area contributed by atoms with Gasteiger partial charge in [-0.2, -0.15) is 0 Å². The first kappa shape index (κ1) is 19.9. The Bertz CT molecular complexity index is 1060. The van der Waals surface area contributed by atoms with E-state index in [9.17, 15) is 14.4 Å². The summed E-state index contributed by atoms with van der Waals surface area (Å²) in [6.45, 7) is 0. The molecule has 1 aromatic heterocycles. The van der Waals surface area contributed by atoms with Crippen LogP contribution in [0.4, 0.5) is 16.3 Å². The lowest BCUT2D eigenvalue weighted by Gasteiger charge is -2.07. The van der Waals surface area contributed by atoms with E-state index < -0.39 is 17.9 Å². The number of amides is 3. The first-order valence-corrected chi connectivity index (χ1v) is 8.74. The average molecular weight is 414 g/mol. The molecule has 148 valence electrons. The molecular formula is C19H16ClN5O4. The van der Waals surface area contributed by atoms with Crippen molar-refractivity contribution in [3.05, 3.63) is 76.2 Å². The molecule has 3 rings (SSSR count). The Kier molecular flexibility index (Phi) is 5.79. The third kappa shape index (κ3) is 5.11. The highest BCUT2D eigenvalue weighted by molar-refractivity contribution is 6.30. The zero-order chi connectivity index (χ0) is 21.0. The van der Waals surface area contributed by atoms with Crippen molar-refractivity contribution in [3.8, 4) is 0 Å². The molecule has 0 saturated heterocycles. The predicted octanol–water partition coefficient (Wildman–Crippen LogP) is 3.10. The number of carboxylic acid groups (broad SMARTS) is 1. The molecule has 0 saturated carbocycles. The average Bonchev–Trinajstić information content (AvgIpc) is 3.06. The minimum atomic E-state index is -1.02. The molecule has 0 fully saturated rings. The number of anilines is 2. The molecular weight excluding hydrogens is 398 g/mol. The van der Waals surface area contributed by atoms with E-state index in [1.807, 2.05) is 0 Å².